The lowest BCUT2D eigenvalue weighted by atomic mass is 10.0. The summed E-state index contributed by atoms with van der Waals surface area (Å²) in [6.45, 7) is 3.11. The van der Waals surface area contributed by atoms with Crippen molar-refractivity contribution in [3.8, 4) is 0 Å². The van der Waals surface area contributed by atoms with Crippen LogP contribution in [0.2, 0.25) is 0 Å². The van der Waals surface area contributed by atoms with Crippen molar-refractivity contribution in [3.05, 3.63) is 18.0 Å². The standard InChI is InChI=1S/C11H16N2O/c1-2-5-13-8-10(7-12-13)9-3-4-11(14)6-9/h7-9H,2-6H2,1H3. The minimum atomic E-state index is 0.401. The van der Waals surface area contributed by atoms with E-state index >= 15 is 0 Å². The fourth-order valence-electron chi connectivity index (χ4n) is 2.04. The minimum Gasteiger partial charge on any atom is -0.300 e. The first kappa shape index (κ1) is 9.44. The van der Waals surface area contributed by atoms with Gasteiger partial charge in [-0.2, -0.15) is 5.10 Å². The average Bonchev–Trinajstić information content (AvgIpc) is 2.74. The van der Waals surface area contributed by atoms with Crippen molar-refractivity contribution in [2.75, 3.05) is 0 Å². The van der Waals surface area contributed by atoms with Crippen molar-refractivity contribution in [2.24, 2.45) is 0 Å². The summed E-state index contributed by atoms with van der Waals surface area (Å²) in [4.78, 5) is 11.1. The zero-order chi connectivity index (χ0) is 9.97. The molecule has 1 aromatic heterocycles. The Bertz CT molecular complexity index is 330. The SMILES string of the molecule is CCCn1cc(C2CCC(=O)C2)cn1. The first-order valence-electron chi connectivity index (χ1n) is 5.33. The molecule has 1 aliphatic carbocycles. The van der Waals surface area contributed by atoms with E-state index in [1.54, 1.807) is 0 Å². The number of carbonyl (C=O) groups is 1. The Morgan fingerprint density at radius 2 is 2.50 bits per heavy atom. The van der Waals surface area contributed by atoms with Crippen molar-refractivity contribution < 1.29 is 4.79 Å². The van der Waals surface area contributed by atoms with E-state index in [2.05, 4.69) is 18.2 Å². The number of nitrogens with zero attached hydrogens (tertiary/aromatic N) is 2. The first-order chi connectivity index (χ1) is 6.79. The number of ketones is 1. The summed E-state index contributed by atoms with van der Waals surface area (Å²) in [6.07, 6.45) is 7.59. The van der Waals surface area contributed by atoms with Gasteiger partial charge in [0, 0.05) is 25.6 Å². The predicted molar refractivity (Wildman–Crippen MR) is 54.1 cm³/mol. The van der Waals surface area contributed by atoms with Gasteiger partial charge in [0.25, 0.3) is 0 Å². The van der Waals surface area contributed by atoms with Gasteiger partial charge in [-0.1, -0.05) is 6.92 Å². The summed E-state index contributed by atoms with van der Waals surface area (Å²) in [6, 6.07) is 0. The van der Waals surface area contributed by atoms with Crippen molar-refractivity contribution in [1.82, 2.24) is 9.78 Å². The molecule has 0 saturated heterocycles. The summed E-state index contributed by atoms with van der Waals surface area (Å²) >= 11 is 0. The lowest BCUT2D eigenvalue weighted by Gasteiger charge is -2.02. The maximum absolute atomic E-state index is 11.1. The molecule has 0 amide bonds. The van der Waals surface area contributed by atoms with Crippen molar-refractivity contribution in [2.45, 2.75) is 45.1 Å². The molecule has 1 aliphatic rings. The van der Waals surface area contributed by atoms with Gasteiger partial charge in [-0.25, -0.2) is 0 Å². The van der Waals surface area contributed by atoms with E-state index in [1.807, 2.05) is 10.9 Å². The van der Waals surface area contributed by atoms with E-state index in [9.17, 15) is 4.79 Å². The van der Waals surface area contributed by atoms with E-state index < -0.39 is 0 Å². The summed E-state index contributed by atoms with van der Waals surface area (Å²) in [5, 5.41) is 4.28. The van der Waals surface area contributed by atoms with Crippen LogP contribution in [0.1, 0.15) is 44.1 Å². The lowest BCUT2D eigenvalue weighted by molar-refractivity contribution is -0.117. The first-order valence-corrected chi connectivity index (χ1v) is 5.33. The molecule has 2 rings (SSSR count). The molecule has 3 nitrogen and oxygen atoms in total. The molecule has 0 spiro atoms. The molecule has 1 heterocycles. The third-order valence-corrected chi connectivity index (χ3v) is 2.82. The molecule has 0 aliphatic heterocycles. The molecule has 1 fully saturated rings. The van der Waals surface area contributed by atoms with Crippen LogP contribution in [0.15, 0.2) is 12.4 Å². The van der Waals surface area contributed by atoms with Crippen LogP contribution < -0.4 is 0 Å². The van der Waals surface area contributed by atoms with E-state index in [0.717, 1.165) is 32.2 Å². The lowest BCUT2D eigenvalue weighted by Crippen LogP contribution is -1.96. The highest BCUT2D eigenvalue weighted by Crippen LogP contribution is 2.31. The molecule has 0 radical (unpaired) electrons. The summed E-state index contributed by atoms with van der Waals surface area (Å²) in [7, 11) is 0. The van der Waals surface area contributed by atoms with E-state index in [4.69, 9.17) is 0 Å². The van der Waals surface area contributed by atoms with Crippen molar-refractivity contribution >= 4 is 5.78 Å². The van der Waals surface area contributed by atoms with Crippen molar-refractivity contribution in [3.63, 3.8) is 0 Å². The quantitative estimate of drug-likeness (QED) is 0.735. The van der Waals surface area contributed by atoms with Gasteiger partial charge >= 0.3 is 0 Å². The Morgan fingerprint density at radius 3 is 3.14 bits per heavy atom. The average molecular weight is 192 g/mol. The molecular weight excluding hydrogens is 176 g/mol. The summed E-state index contributed by atoms with van der Waals surface area (Å²) < 4.78 is 1.97. The number of carbonyl (C=O) groups excluding carboxylic acids is 1. The fraction of sp³-hybridized carbons (Fsp3) is 0.636. The maximum atomic E-state index is 11.1. The van der Waals surface area contributed by atoms with E-state index in [1.165, 1.54) is 5.56 Å². The van der Waals surface area contributed by atoms with Gasteiger partial charge in [0.1, 0.15) is 5.78 Å². The molecule has 1 aromatic rings. The number of aromatic nitrogens is 2. The summed E-state index contributed by atoms with van der Waals surface area (Å²) in [5.41, 5.74) is 1.24. The number of hydrogen-bond donors (Lipinski definition) is 0. The number of rotatable bonds is 3. The Kier molecular flexibility index (Phi) is 2.66. The van der Waals surface area contributed by atoms with Gasteiger partial charge in [0.05, 0.1) is 6.20 Å². The summed E-state index contributed by atoms with van der Waals surface area (Å²) in [5.74, 6) is 0.839. The zero-order valence-electron chi connectivity index (χ0n) is 8.57. The van der Waals surface area contributed by atoms with Crippen LogP contribution >= 0.6 is 0 Å². The van der Waals surface area contributed by atoms with E-state index in [-0.39, 0.29) is 0 Å². The second kappa shape index (κ2) is 3.95. The van der Waals surface area contributed by atoms with Crippen LogP contribution in [0, 0.1) is 0 Å². The van der Waals surface area contributed by atoms with Gasteiger partial charge in [0.15, 0.2) is 0 Å². The van der Waals surface area contributed by atoms with Gasteiger partial charge in [-0.05, 0) is 24.3 Å². The monoisotopic (exact) mass is 192 g/mol. The van der Waals surface area contributed by atoms with Crippen LogP contribution in [0.25, 0.3) is 0 Å². The molecule has 1 saturated carbocycles. The predicted octanol–water partition coefficient (Wildman–Crippen LogP) is 2.13. The van der Waals surface area contributed by atoms with Crippen LogP contribution in [-0.2, 0) is 11.3 Å². The number of hydrogen-bond acceptors (Lipinski definition) is 2. The number of aryl methyl sites for hydroxylation is 1. The second-order valence-electron chi connectivity index (χ2n) is 4.02. The molecule has 76 valence electrons. The maximum Gasteiger partial charge on any atom is 0.133 e. The van der Waals surface area contributed by atoms with Gasteiger partial charge < -0.3 is 0 Å². The number of Topliss-reactive ketones (excluding diaryl/α,β-unsaturated/α-hetero) is 1. The Hall–Kier alpha value is -1.12. The normalized spacial score (nSPS) is 21.8. The fourth-order valence-corrected chi connectivity index (χ4v) is 2.04. The third kappa shape index (κ3) is 1.86. The molecule has 1 atom stereocenters. The van der Waals surface area contributed by atoms with Crippen LogP contribution in [0.5, 0.6) is 0 Å². The van der Waals surface area contributed by atoms with Gasteiger partial charge in [-0.15, -0.1) is 0 Å². The molecular formula is C11H16N2O. The third-order valence-electron chi connectivity index (χ3n) is 2.82. The molecule has 0 N–H and O–H groups in total. The highest BCUT2D eigenvalue weighted by molar-refractivity contribution is 5.81. The zero-order valence-corrected chi connectivity index (χ0v) is 8.57. The molecule has 0 aromatic carbocycles. The Balaban J connectivity index is 2.05. The van der Waals surface area contributed by atoms with Gasteiger partial charge in [-0.3, -0.25) is 9.48 Å². The highest BCUT2D eigenvalue weighted by Gasteiger charge is 2.24. The largest absolute Gasteiger partial charge is 0.300 e. The van der Waals surface area contributed by atoms with E-state index in [0.29, 0.717) is 11.7 Å². The topological polar surface area (TPSA) is 34.9 Å². The van der Waals surface area contributed by atoms with Gasteiger partial charge in [0.2, 0.25) is 0 Å². The smallest absolute Gasteiger partial charge is 0.133 e. The Labute approximate surface area is 84.1 Å². The van der Waals surface area contributed by atoms with Crippen LogP contribution in [0.4, 0.5) is 0 Å². The molecule has 3 heteroatoms. The second-order valence-corrected chi connectivity index (χ2v) is 4.02. The Morgan fingerprint density at radius 1 is 1.64 bits per heavy atom. The van der Waals surface area contributed by atoms with Crippen LogP contribution in [0.3, 0.4) is 0 Å². The highest BCUT2D eigenvalue weighted by atomic mass is 16.1. The molecule has 0 bridgehead atoms. The molecule has 14 heavy (non-hydrogen) atoms. The minimum absolute atomic E-state index is 0.401. The van der Waals surface area contributed by atoms with Crippen molar-refractivity contribution in [1.29, 1.82) is 0 Å². The molecule has 1 unspecified atom stereocenters. The van der Waals surface area contributed by atoms with Crippen LogP contribution in [-0.4, -0.2) is 15.6 Å².